The molecule has 1 saturated carbocycles. The van der Waals surface area contributed by atoms with Gasteiger partial charge in [-0.1, -0.05) is 6.92 Å². The number of carbonyl (C=O) groups is 1. The molecule has 3 nitrogen and oxygen atoms in total. The van der Waals surface area contributed by atoms with Gasteiger partial charge >= 0.3 is 0 Å². The van der Waals surface area contributed by atoms with Gasteiger partial charge in [0.2, 0.25) is 0 Å². The van der Waals surface area contributed by atoms with Crippen molar-refractivity contribution in [3.63, 3.8) is 0 Å². The average Bonchev–Trinajstić information content (AvgIpc) is 3.28. The number of carbonyl (C=O) groups excluding carboxylic acids is 1. The fourth-order valence-corrected chi connectivity index (χ4v) is 2.40. The zero-order valence-electron chi connectivity index (χ0n) is 12.7. The van der Waals surface area contributed by atoms with Gasteiger partial charge in [0.05, 0.1) is 0 Å². The van der Waals surface area contributed by atoms with Crippen LogP contribution in [0.5, 0.6) is 0 Å². The molecule has 0 bridgehead atoms. The summed E-state index contributed by atoms with van der Waals surface area (Å²) in [7, 11) is 1.68. The molecule has 1 amide bonds. The lowest BCUT2D eigenvalue weighted by Gasteiger charge is -2.25. The van der Waals surface area contributed by atoms with Gasteiger partial charge in [-0.3, -0.25) is 4.79 Å². The highest BCUT2D eigenvalue weighted by atomic mass is 19.1. The summed E-state index contributed by atoms with van der Waals surface area (Å²) in [5, 5.41) is 2.70. The molecular weight excluding hydrogens is 274 g/mol. The molecule has 0 saturated heterocycles. The summed E-state index contributed by atoms with van der Waals surface area (Å²) in [6.07, 6.45) is 2.99. The predicted molar refractivity (Wildman–Crippen MR) is 79.4 cm³/mol. The third-order valence-corrected chi connectivity index (χ3v) is 4.08. The molecule has 1 aromatic rings. The van der Waals surface area contributed by atoms with Crippen molar-refractivity contribution in [1.29, 1.82) is 0 Å². The number of hydrogen-bond acceptors (Lipinski definition) is 2. The van der Waals surface area contributed by atoms with Gasteiger partial charge in [0.15, 0.2) is 0 Å². The van der Waals surface area contributed by atoms with Crippen LogP contribution in [0.15, 0.2) is 12.1 Å². The molecule has 1 aliphatic rings. The van der Waals surface area contributed by atoms with Gasteiger partial charge in [0.1, 0.15) is 17.3 Å². The van der Waals surface area contributed by atoms with Crippen LogP contribution in [0, 0.1) is 17.6 Å². The Hall–Kier alpha value is -1.65. The van der Waals surface area contributed by atoms with E-state index in [1.807, 2.05) is 13.8 Å². The van der Waals surface area contributed by atoms with Crippen molar-refractivity contribution in [3.05, 3.63) is 29.3 Å². The Morgan fingerprint density at radius 2 is 1.95 bits per heavy atom. The number of nitrogens with one attached hydrogen (secondary N) is 1. The predicted octanol–water partition coefficient (Wildman–Crippen LogP) is 3.66. The van der Waals surface area contributed by atoms with E-state index in [0.717, 1.165) is 31.4 Å². The highest BCUT2D eigenvalue weighted by Crippen LogP contribution is 2.35. The van der Waals surface area contributed by atoms with Gasteiger partial charge in [0.25, 0.3) is 5.91 Å². The summed E-state index contributed by atoms with van der Waals surface area (Å²) >= 11 is 0. The van der Waals surface area contributed by atoms with Crippen LogP contribution < -0.4 is 5.32 Å². The van der Waals surface area contributed by atoms with E-state index >= 15 is 0 Å². The van der Waals surface area contributed by atoms with Crippen molar-refractivity contribution in [2.75, 3.05) is 18.9 Å². The highest BCUT2D eigenvalue weighted by Gasteiger charge is 2.33. The van der Waals surface area contributed by atoms with Crippen molar-refractivity contribution in [1.82, 2.24) is 4.90 Å². The highest BCUT2D eigenvalue weighted by molar-refractivity contribution is 5.94. The first-order valence-corrected chi connectivity index (χ1v) is 7.45. The van der Waals surface area contributed by atoms with Gasteiger partial charge in [-0.25, -0.2) is 8.78 Å². The molecule has 1 aromatic carbocycles. The van der Waals surface area contributed by atoms with Crippen LogP contribution in [0.1, 0.15) is 43.5 Å². The number of halogens is 2. The quantitative estimate of drug-likeness (QED) is 0.869. The Bertz CT molecular complexity index is 506. The second-order valence-corrected chi connectivity index (χ2v) is 5.74. The fourth-order valence-electron chi connectivity index (χ4n) is 2.40. The maximum Gasteiger partial charge on any atom is 0.254 e. The van der Waals surface area contributed by atoms with Gasteiger partial charge in [-0.2, -0.15) is 0 Å². The molecule has 21 heavy (non-hydrogen) atoms. The molecule has 1 aliphatic carbocycles. The third-order valence-electron chi connectivity index (χ3n) is 4.08. The van der Waals surface area contributed by atoms with Crippen LogP contribution in [0.3, 0.4) is 0 Å². The van der Waals surface area contributed by atoms with Crippen LogP contribution in [-0.4, -0.2) is 30.4 Å². The molecule has 2 rings (SSSR count). The van der Waals surface area contributed by atoms with Crippen LogP contribution in [-0.2, 0) is 0 Å². The first-order valence-electron chi connectivity index (χ1n) is 7.45. The number of anilines is 1. The molecule has 1 atom stereocenters. The summed E-state index contributed by atoms with van der Waals surface area (Å²) in [6, 6.07) is 2.32. The number of nitrogens with zero attached hydrogens (tertiary/aromatic N) is 1. The fraction of sp³-hybridized carbons (Fsp3) is 0.562. The molecule has 0 radical (unpaired) electrons. The molecular formula is C16H22F2N2O. The molecule has 1 unspecified atom stereocenters. The molecule has 1 N–H and O–H groups in total. The van der Waals surface area contributed by atoms with Gasteiger partial charge in [-0.05, 0) is 44.2 Å². The van der Waals surface area contributed by atoms with Crippen LogP contribution in [0.25, 0.3) is 0 Å². The maximum absolute atomic E-state index is 14.0. The van der Waals surface area contributed by atoms with Gasteiger partial charge in [0, 0.05) is 25.2 Å². The van der Waals surface area contributed by atoms with E-state index in [1.165, 1.54) is 0 Å². The minimum Gasteiger partial charge on any atom is -0.380 e. The Kier molecular flexibility index (Phi) is 4.80. The normalized spacial score (nSPS) is 15.7. The molecule has 116 valence electrons. The van der Waals surface area contributed by atoms with Crippen molar-refractivity contribution >= 4 is 11.6 Å². The van der Waals surface area contributed by atoms with E-state index in [9.17, 15) is 13.6 Å². The first-order chi connectivity index (χ1) is 9.95. The van der Waals surface area contributed by atoms with Crippen LogP contribution in [0.4, 0.5) is 14.5 Å². The van der Waals surface area contributed by atoms with E-state index in [2.05, 4.69) is 5.32 Å². The molecule has 0 heterocycles. The monoisotopic (exact) mass is 296 g/mol. The van der Waals surface area contributed by atoms with Crippen molar-refractivity contribution < 1.29 is 13.6 Å². The largest absolute Gasteiger partial charge is 0.380 e. The standard InChI is InChI=1S/C16H22F2N2O/c1-4-7-19-15-13(17)8-12(9-14(15)18)16(21)20(3)10(2)11-5-6-11/h8-11,19H,4-7H2,1-3H3. The second kappa shape index (κ2) is 6.41. The Morgan fingerprint density at radius 1 is 1.38 bits per heavy atom. The topological polar surface area (TPSA) is 32.3 Å². The Balaban J connectivity index is 2.17. The van der Waals surface area contributed by atoms with Crippen molar-refractivity contribution in [2.45, 2.75) is 39.2 Å². The Morgan fingerprint density at radius 3 is 2.43 bits per heavy atom. The maximum atomic E-state index is 14.0. The molecule has 1 fully saturated rings. The molecule has 0 aliphatic heterocycles. The zero-order valence-corrected chi connectivity index (χ0v) is 12.7. The number of rotatable bonds is 6. The van der Waals surface area contributed by atoms with Crippen LogP contribution in [0.2, 0.25) is 0 Å². The van der Waals surface area contributed by atoms with E-state index in [-0.39, 0.29) is 23.2 Å². The van der Waals surface area contributed by atoms with Crippen molar-refractivity contribution in [3.8, 4) is 0 Å². The molecule has 0 aromatic heterocycles. The lowest BCUT2D eigenvalue weighted by molar-refractivity contribution is 0.0726. The Labute approximate surface area is 124 Å². The van der Waals surface area contributed by atoms with E-state index < -0.39 is 11.6 Å². The van der Waals surface area contributed by atoms with Crippen LogP contribution >= 0.6 is 0 Å². The zero-order chi connectivity index (χ0) is 15.6. The van der Waals surface area contributed by atoms with Gasteiger partial charge < -0.3 is 10.2 Å². The lowest BCUT2D eigenvalue weighted by Crippen LogP contribution is -2.36. The number of amides is 1. The average molecular weight is 296 g/mol. The molecule has 5 heteroatoms. The molecule has 0 spiro atoms. The SMILES string of the molecule is CCCNc1c(F)cc(C(=O)N(C)C(C)C2CC2)cc1F. The first kappa shape index (κ1) is 15.7. The minimum atomic E-state index is -0.723. The summed E-state index contributed by atoms with van der Waals surface area (Å²) < 4.78 is 27.9. The van der Waals surface area contributed by atoms with E-state index in [1.54, 1.807) is 11.9 Å². The van der Waals surface area contributed by atoms with Crippen molar-refractivity contribution in [2.24, 2.45) is 5.92 Å². The number of hydrogen-bond donors (Lipinski definition) is 1. The lowest BCUT2D eigenvalue weighted by atomic mass is 10.1. The summed E-state index contributed by atoms with van der Waals surface area (Å²) in [5.41, 5.74) is -0.103. The second-order valence-electron chi connectivity index (χ2n) is 5.74. The number of benzene rings is 1. The summed E-state index contributed by atoms with van der Waals surface area (Å²) in [5.74, 6) is -1.27. The van der Waals surface area contributed by atoms with E-state index in [4.69, 9.17) is 0 Å². The summed E-state index contributed by atoms with van der Waals surface area (Å²) in [6.45, 7) is 4.37. The third kappa shape index (κ3) is 3.52. The van der Waals surface area contributed by atoms with E-state index in [0.29, 0.717) is 12.5 Å². The smallest absolute Gasteiger partial charge is 0.254 e. The summed E-state index contributed by atoms with van der Waals surface area (Å²) in [4.78, 5) is 13.9. The van der Waals surface area contributed by atoms with Gasteiger partial charge in [-0.15, -0.1) is 0 Å². The minimum absolute atomic E-state index is 0.0575.